The van der Waals surface area contributed by atoms with Gasteiger partial charge in [0, 0.05) is 100.0 Å². The highest BCUT2D eigenvalue weighted by Gasteiger charge is 2.51. The van der Waals surface area contributed by atoms with Gasteiger partial charge in [0.25, 0.3) is 0 Å². The lowest BCUT2D eigenvalue weighted by molar-refractivity contribution is -0.179. The second-order valence-electron chi connectivity index (χ2n) is 18.1. The SMILES string of the molecule is COCCOC(C)N1C[C@](OC(=O)/C=C\C(=O)O[C@@]2(C(C)OCCOC)C=C3c4cccc5[nH]cc(c45)C[C@H]3N(C(C)OCCOC)C2)(C(C)OCCOC)C=C2c3cccc4[nH]cc(c34)C[C@H]21. The summed E-state index contributed by atoms with van der Waals surface area (Å²) >= 11 is 0. The van der Waals surface area contributed by atoms with Gasteiger partial charge in [0.15, 0.2) is 11.2 Å². The summed E-state index contributed by atoms with van der Waals surface area (Å²) in [5.41, 5.74) is 5.88. The van der Waals surface area contributed by atoms with Gasteiger partial charge in [-0.1, -0.05) is 24.3 Å². The number of ether oxygens (including phenoxy) is 10. The average molecular weight is 941 g/mol. The number of carbonyl (C=O) groups is 2. The molecule has 368 valence electrons. The van der Waals surface area contributed by atoms with Gasteiger partial charge in [0.05, 0.1) is 65.1 Å². The molecule has 2 N–H and O–H groups in total. The van der Waals surface area contributed by atoms with Gasteiger partial charge >= 0.3 is 11.9 Å². The maximum Gasteiger partial charge on any atom is 0.332 e. The summed E-state index contributed by atoms with van der Waals surface area (Å²) in [6.45, 7) is 11.1. The lowest BCUT2D eigenvalue weighted by Gasteiger charge is -2.50. The molecular weight excluding hydrogens is 873 g/mol. The van der Waals surface area contributed by atoms with Crippen LogP contribution in [0.2, 0.25) is 0 Å². The van der Waals surface area contributed by atoms with E-state index in [0.717, 1.165) is 69.1 Å². The van der Waals surface area contributed by atoms with Gasteiger partial charge in [-0.15, -0.1) is 0 Å². The van der Waals surface area contributed by atoms with E-state index in [-0.39, 0.29) is 38.4 Å². The van der Waals surface area contributed by atoms with E-state index in [0.29, 0.717) is 39.6 Å². The molecule has 0 fully saturated rings. The topological polar surface area (TPSA) is 164 Å². The molecule has 8 rings (SSSR count). The van der Waals surface area contributed by atoms with E-state index in [1.165, 1.54) is 11.1 Å². The molecule has 2 aliphatic heterocycles. The van der Waals surface area contributed by atoms with Crippen molar-refractivity contribution >= 4 is 44.9 Å². The van der Waals surface area contributed by atoms with Crippen molar-refractivity contribution in [1.82, 2.24) is 19.8 Å². The van der Waals surface area contributed by atoms with Crippen LogP contribution in [0.3, 0.4) is 0 Å². The van der Waals surface area contributed by atoms with Crippen molar-refractivity contribution in [2.75, 3.05) is 94.4 Å². The number of carbonyl (C=O) groups excluding carboxylic acids is 2. The van der Waals surface area contributed by atoms with Crippen LogP contribution in [0.5, 0.6) is 0 Å². The summed E-state index contributed by atoms with van der Waals surface area (Å²) in [5, 5.41) is 2.26. The van der Waals surface area contributed by atoms with Crippen LogP contribution in [0.1, 0.15) is 49.9 Å². The van der Waals surface area contributed by atoms with Crippen molar-refractivity contribution in [2.24, 2.45) is 0 Å². The summed E-state index contributed by atoms with van der Waals surface area (Å²) in [4.78, 5) is 40.1. The molecule has 0 saturated heterocycles. The molecule has 0 spiro atoms. The van der Waals surface area contributed by atoms with Gasteiger partial charge in [-0.25, -0.2) is 9.59 Å². The minimum atomic E-state index is -1.33. The van der Waals surface area contributed by atoms with Crippen LogP contribution in [0, 0.1) is 0 Å². The van der Waals surface area contributed by atoms with E-state index in [2.05, 4.69) is 56.4 Å². The van der Waals surface area contributed by atoms with E-state index in [4.69, 9.17) is 47.4 Å². The number of nitrogens with one attached hydrogen (secondary N) is 2. The Morgan fingerprint density at radius 3 is 1.35 bits per heavy atom. The van der Waals surface area contributed by atoms with Crippen LogP contribution in [0.15, 0.2) is 73.1 Å². The number of hydrogen-bond donors (Lipinski definition) is 2. The molecule has 4 unspecified atom stereocenters. The Morgan fingerprint density at radius 1 is 0.588 bits per heavy atom. The maximum atomic E-state index is 14.4. The molecule has 4 aromatic rings. The minimum Gasteiger partial charge on any atom is -0.447 e. The number of hydrogen-bond acceptors (Lipinski definition) is 14. The molecule has 8 atom stereocenters. The van der Waals surface area contributed by atoms with Gasteiger partial charge < -0.3 is 57.3 Å². The minimum absolute atomic E-state index is 0.0916. The zero-order valence-electron chi connectivity index (χ0n) is 40.7. The monoisotopic (exact) mass is 940 g/mol. The second-order valence-corrected chi connectivity index (χ2v) is 18.1. The van der Waals surface area contributed by atoms with E-state index in [9.17, 15) is 9.59 Å². The van der Waals surface area contributed by atoms with Crippen LogP contribution in [0.4, 0.5) is 0 Å². The van der Waals surface area contributed by atoms with Crippen molar-refractivity contribution in [3.8, 4) is 0 Å². The normalized spacial score (nSPS) is 24.3. The zero-order valence-corrected chi connectivity index (χ0v) is 40.7. The molecule has 0 amide bonds. The third kappa shape index (κ3) is 10.1. The first-order chi connectivity index (χ1) is 33.0. The number of rotatable bonds is 24. The Balaban J connectivity index is 1.13. The van der Waals surface area contributed by atoms with Crippen molar-refractivity contribution in [2.45, 2.75) is 88.5 Å². The lowest BCUT2D eigenvalue weighted by Crippen LogP contribution is -2.61. The van der Waals surface area contributed by atoms with E-state index in [1.54, 1.807) is 28.4 Å². The van der Waals surface area contributed by atoms with E-state index in [1.807, 2.05) is 52.0 Å². The van der Waals surface area contributed by atoms with Gasteiger partial charge in [0.2, 0.25) is 0 Å². The molecule has 0 bridgehead atoms. The third-order valence-electron chi connectivity index (χ3n) is 14.1. The molecule has 2 aromatic heterocycles. The predicted molar refractivity (Wildman–Crippen MR) is 257 cm³/mol. The molecule has 2 aliphatic carbocycles. The van der Waals surface area contributed by atoms with Crippen LogP contribution in [-0.2, 0) is 69.8 Å². The molecule has 16 heteroatoms. The fourth-order valence-corrected chi connectivity index (χ4v) is 10.5. The highest BCUT2D eigenvalue weighted by molar-refractivity contribution is 6.00. The summed E-state index contributed by atoms with van der Waals surface area (Å²) in [6.07, 6.45) is 9.87. The number of methoxy groups -OCH3 is 4. The first kappa shape index (κ1) is 49.7. The van der Waals surface area contributed by atoms with Crippen molar-refractivity contribution in [3.63, 3.8) is 0 Å². The average Bonchev–Trinajstić information content (AvgIpc) is 3.96. The number of aromatic nitrogens is 2. The number of aromatic amines is 2. The van der Waals surface area contributed by atoms with Crippen molar-refractivity contribution < 1.29 is 57.0 Å². The maximum absolute atomic E-state index is 14.4. The molecule has 4 aliphatic rings. The van der Waals surface area contributed by atoms with Gasteiger partial charge in [0.1, 0.15) is 12.5 Å². The van der Waals surface area contributed by atoms with Crippen molar-refractivity contribution in [3.05, 3.63) is 95.3 Å². The largest absolute Gasteiger partial charge is 0.447 e. The summed E-state index contributed by atoms with van der Waals surface area (Å²) in [7, 11) is 6.50. The molecule has 0 radical (unpaired) electrons. The molecule has 16 nitrogen and oxygen atoms in total. The van der Waals surface area contributed by atoms with Gasteiger partial charge in [-0.3, -0.25) is 9.80 Å². The smallest absolute Gasteiger partial charge is 0.332 e. The Kier molecular flexibility index (Phi) is 16.0. The first-order valence-corrected chi connectivity index (χ1v) is 23.7. The Hall–Kier alpha value is -4.72. The number of esters is 2. The summed E-state index contributed by atoms with van der Waals surface area (Å²) in [6, 6.07) is 12.2. The fraction of sp³-hybridized carbons (Fsp3) is 0.538. The van der Waals surface area contributed by atoms with E-state index < -0.39 is 47.8 Å². The zero-order chi connectivity index (χ0) is 48.0. The predicted octanol–water partition coefficient (Wildman–Crippen LogP) is 5.84. The summed E-state index contributed by atoms with van der Waals surface area (Å²) in [5.74, 6) is -1.49. The van der Waals surface area contributed by atoms with Crippen LogP contribution in [0.25, 0.3) is 33.0 Å². The Bertz CT molecular complexity index is 2310. The number of nitrogens with zero attached hydrogens (tertiary/aromatic N) is 2. The molecule has 0 saturated carbocycles. The Morgan fingerprint density at radius 2 is 0.971 bits per heavy atom. The molecule has 68 heavy (non-hydrogen) atoms. The summed E-state index contributed by atoms with van der Waals surface area (Å²) < 4.78 is 60.1. The van der Waals surface area contributed by atoms with Gasteiger partial charge in [-0.05, 0) is 98.2 Å². The lowest BCUT2D eigenvalue weighted by atomic mass is 9.77. The first-order valence-electron chi connectivity index (χ1n) is 23.7. The van der Waals surface area contributed by atoms with Gasteiger partial charge in [-0.2, -0.15) is 0 Å². The Labute approximate surface area is 398 Å². The van der Waals surface area contributed by atoms with Crippen LogP contribution >= 0.6 is 0 Å². The fourth-order valence-electron chi connectivity index (χ4n) is 10.5. The third-order valence-corrected chi connectivity index (χ3v) is 14.1. The molecule has 4 heterocycles. The standard InChI is InChI=1S/C52H68N4O12/c1-33(63-21-17-59-5)51(27-41-39-11-9-13-43-49(39)37(29-53-43)25-45(41)55(31-51)35(3)65-23-19-61-7)67-47(57)15-16-48(58)68-52(34(2)64-22-18-60-6)28-42-40-12-10-14-44-50(40)38(30-54-44)26-46(42)56(32-52)36(4)66-24-20-62-8/h9-16,27-30,33-36,45-46,53-54H,17-26,31-32H2,1-8H3/b16-15-/t33?,34?,35?,36?,45-,46-,51+,52+/m1/s1. The van der Waals surface area contributed by atoms with E-state index >= 15 is 0 Å². The van der Waals surface area contributed by atoms with Crippen LogP contribution < -0.4 is 0 Å². The highest BCUT2D eigenvalue weighted by Crippen LogP contribution is 2.47. The molecule has 2 aromatic carbocycles. The molecular formula is C52H68N4O12. The highest BCUT2D eigenvalue weighted by atomic mass is 16.6. The quantitative estimate of drug-likeness (QED) is 0.0490. The number of fused-ring (bicyclic) bond motifs is 4. The van der Waals surface area contributed by atoms with Crippen molar-refractivity contribution in [1.29, 1.82) is 0 Å². The number of H-pyrrole nitrogens is 2. The van der Waals surface area contributed by atoms with Crippen LogP contribution in [-0.4, -0.2) is 174 Å². The number of benzene rings is 2. The second kappa shape index (κ2) is 21.9.